The van der Waals surface area contributed by atoms with E-state index >= 15 is 0 Å². The van der Waals surface area contributed by atoms with Crippen molar-refractivity contribution in [2.45, 2.75) is 39.7 Å². The standard InChI is InChI=1S/C20H24O4/c1-3-5-12-23-20(22)18-13-17(10-11-19(18)21)24-14-16-8-6-15(4-2)7-9-16/h6-11,13,21H,3-5,12,14H2,1-2H3. The van der Waals surface area contributed by atoms with E-state index in [0.717, 1.165) is 24.8 Å². The third-order valence-electron chi connectivity index (χ3n) is 3.76. The van der Waals surface area contributed by atoms with Crippen LogP contribution >= 0.6 is 0 Å². The Morgan fingerprint density at radius 3 is 2.42 bits per heavy atom. The van der Waals surface area contributed by atoms with Crippen LogP contribution in [0, 0.1) is 0 Å². The van der Waals surface area contributed by atoms with E-state index in [0.29, 0.717) is 19.0 Å². The molecule has 4 nitrogen and oxygen atoms in total. The number of rotatable bonds is 8. The van der Waals surface area contributed by atoms with E-state index in [2.05, 4.69) is 19.1 Å². The third kappa shape index (κ3) is 5.01. The second-order valence-electron chi connectivity index (χ2n) is 5.63. The first-order valence-electron chi connectivity index (χ1n) is 8.34. The normalized spacial score (nSPS) is 10.4. The van der Waals surface area contributed by atoms with E-state index in [1.807, 2.05) is 19.1 Å². The Morgan fingerprint density at radius 2 is 1.75 bits per heavy atom. The summed E-state index contributed by atoms with van der Waals surface area (Å²) in [5, 5.41) is 9.85. The molecule has 0 bridgehead atoms. The van der Waals surface area contributed by atoms with E-state index in [9.17, 15) is 9.90 Å². The Hall–Kier alpha value is -2.49. The number of benzene rings is 2. The van der Waals surface area contributed by atoms with Crippen molar-refractivity contribution < 1.29 is 19.4 Å². The molecule has 0 fully saturated rings. The van der Waals surface area contributed by atoms with Gasteiger partial charge in [0.15, 0.2) is 0 Å². The van der Waals surface area contributed by atoms with Crippen molar-refractivity contribution in [3.63, 3.8) is 0 Å². The Labute approximate surface area is 143 Å². The highest BCUT2D eigenvalue weighted by Gasteiger charge is 2.14. The lowest BCUT2D eigenvalue weighted by molar-refractivity contribution is 0.0496. The van der Waals surface area contributed by atoms with Crippen molar-refractivity contribution in [1.82, 2.24) is 0 Å². The smallest absolute Gasteiger partial charge is 0.342 e. The number of aromatic hydroxyl groups is 1. The fourth-order valence-electron chi connectivity index (χ4n) is 2.19. The molecular formula is C20H24O4. The molecule has 0 aliphatic carbocycles. The number of ether oxygens (including phenoxy) is 2. The summed E-state index contributed by atoms with van der Waals surface area (Å²) in [5.74, 6) is -0.107. The van der Waals surface area contributed by atoms with Gasteiger partial charge in [-0.05, 0) is 42.2 Å². The summed E-state index contributed by atoms with van der Waals surface area (Å²) in [5.41, 5.74) is 2.46. The topological polar surface area (TPSA) is 55.8 Å². The van der Waals surface area contributed by atoms with Crippen LogP contribution in [0.2, 0.25) is 0 Å². The van der Waals surface area contributed by atoms with Crippen molar-refractivity contribution >= 4 is 5.97 Å². The molecule has 0 saturated carbocycles. The molecule has 0 aliphatic heterocycles. The summed E-state index contributed by atoms with van der Waals surface area (Å²) in [4.78, 5) is 12.0. The molecule has 2 aromatic carbocycles. The summed E-state index contributed by atoms with van der Waals surface area (Å²) >= 11 is 0. The molecule has 0 aliphatic rings. The molecule has 128 valence electrons. The van der Waals surface area contributed by atoms with Crippen LogP contribution in [-0.2, 0) is 17.8 Å². The van der Waals surface area contributed by atoms with Crippen LogP contribution in [0.1, 0.15) is 48.2 Å². The summed E-state index contributed by atoms with van der Waals surface area (Å²) in [6.07, 6.45) is 2.75. The lowest BCUT2D eigenvalue weighted by Gasteiger charge is -2.10. The largest absolute Gasteiger partial charge is 0.507 e. The molecular weight excluding hydrogens is 304 g/mol. The zero-order valence-corrected chi connectivity index (χ0v) is 14.2. The number of phenols is 1. The third-order valence-corrected chi connectivity index (χ3v) is 3.76. The highest BCUT2D eigenvalue weighted by atomic mass is 16.5. The minimum atomic E-state index is -0.529. The lowest BCUT2D eigenvalue weighted by Crippen LogP contribution is -2.07. The van der Waals surface area contributed by atoms with Crippen LogP contribution in [0.5, 0.6) is 11.5 Å². The minimum absolute atomic E-state index is 0.101. The number of hydrogen-bond donors (Lipinski definition) is 1. The van der Waals surface area contributed by atoms with Crippen molar-refractivity contribution in [1.29, 1.82) is 0 Å². The quantitative estimate of drug-likeness (QED) is 0.573. The first-order valence-corrected chi connectivity index (χ1v) is 8.34. The maximum atomic E-state index is 12.0. The summed E-state index contributed by atoms with van der Waals surface area (Å²) in [6.45, 7) is 4.89. The Bertz CT molecular complexity index is 662. The van der Waals surface area contributed by atoms with Gasteiger partial charge in [-0.2, -0.15) is 0 Å². The van der Waals surface area contributed by atoms with Crippen LogP contribution in [0.3, 0.4) is 0 Å². The van der Waals surface area contributed by atoms with Crippen molar-refractivity contribution in [3.8, 4) is 11.5 Å². The second kappa shape index (κ2) is 8.96. The van der Waals surface area contributed by atoms with Crippen LogP contribution in [0.15, 0.2) is 42.5 Å². The molecule has 0 heterocycles. The van der Waals surface area contributed by atoms with Crippen LogP contribution < -0.4 is 4.74 Å². The van der Waals surface area contributed by atoms with Gasteiger partial charge in [-0.3, -0.25) is 0 Å². The fraction of sp³-hybridized carbons (Fsp3) is 0.350. The molecule has 0 saturated heterocycles. The van der Waals surface area contributed by atoms with Gasteiger partial charge in [-0.1, -0.05) is 44.5 Å². The average molecular weight is 328 g/mol. The van der Waals surface area contributed by atoms with Gasteiger partial charge in [0.05, 0.1) is 6.61 Å². The van der Waals surface area contributed by atoms with Gasteiger partial charge in [0.25, 0.3) is 0 Å². The molecule has 0 atom stereocenters. The molecule has 0 amide bonds. The molecule has 4 heteroatoms. The summed E-state index contributed by atoms with van der Waals surface area (Å²) in [7, 11) is 0. The number of carbonyl (C=O) groups is 1. The Morgan fingerprint density at radius 1 is 1.04 bits per heavy atom. The first kappa shape index (κ1) is 17.9. The van der Waals surface area contributed by atoms with E-state index in [-0.39, 0.29) is 11.3 Å². The lowest BCUT2D eigenvalue weighted by atomic mass is 10.1. The molecule has 0 unspecified atom stereocenters. The molecule has 0 aromatic heterocycles. The zero-order valence-electron chi connectivity index (χ0n) is 14.2. The first-order chi connectivity index (χ1) is 11.6. The SMILES string of the molecule is CCCCOC(=O)c1cc(OCc2ccc(CC)cc2)ccc1O. The molecule has 24 heavy (non-hydrogen) atoms. The Balaban J connectivity index is 2.00. The van der Waals surface area contributed by atoms with Crippen LogP contribution in [0.4, 0.5) is 0 Å². The van der Waals surface area contributed by atoms with Crippen LogP contribution in [-0.4, -0.2) is 17.7 Å². The van der Waals surface area contributed by atoms with E-state index in [4.69, 9.17) is 9.47 Å². The van der Waals surface area contributed by atoms with Crippen LogP contribution in [0.25, 0.3) is 0 Å². The predicted molar refractivity (Wildman–Crippen MR) is 93.4 cm³/mol. The Kier molecular flexibility index (Phi) is 6.67. The van der Waals surface area contributed by atoms with Gasteiger partial charge >= 0.3 is 5.97 Å². The number of esters is 1. The minimum Gasteiger partial charge on any atom is -0.507 e. The maximum Gasteiger partial charge on any atom is 0.342 e. The molecule has 0 radical (unpaired) electrons. The van der Waals surface area contributed by atoms with E-state index in [1.54, 1.807) is 6.07 Å². The van der Waals surface area contributed by atoms with Crippen molar-refractivity contribution in [2.24, 2.45) is 0 Å². The number of carbonyl (C=O) groups excluding carboxylic acids is 1. The molecule has 2 aromatic rings. The number of aryl methyl sites for hydroxylation is 1. The number of unbranched alkanes of at least 4 members (excludes halogenated alkanes) is 1. The summed E-state index contributed by atoms with van der Waals surface area (Å²) in [6, 6.07) is 12.8. The van der Waals surface area contributed by atoms with Gasteiger partial charge in [-0.15, -0.1) is 0 Å². The molecule has 2 rings (SSSR count). The number of hydrogen-bond acceptors (Lipinski definition) is 4. The maximum absolute atomic E-state index is 12.0. The molecule has 0 spiro atoms. The monoisotopic (exact) mass is 328 g/mol. The van der Waals surface area contributed by atoms with E-state index < -0.39 is 5.97 Å². The fourth-order valence-corrected chi connectivity index (χ4v) is 2.19. The second-order valence-corrected chi connectivity index (χ2v) is 5.63. The van der Waals surface area contributed by atoms with Gasteiger partial charge in [0.1, 0.15) is 23.7 Å². The van der Waals surface area contributed by atoms with Crippen molar-refractivity contribution in [2.75, 3.05) is 6.61 Å². The van der Waals surface area contributed by atoms with Gasteiger partial charge in [0, 0.05) is 0 Å². The van der Waals surface area contributed by atoms with E-state index in [1.165, 1.54) is 17.7 Å². The number of phenolic OH excluding ortho intramolecular Hbond substituents is 1. The highest BCUT2D eigenvalue weighted by molar-refractivity contribution is 5.92. The zero-order chi connectivity index (χ0) is 17.4. The van der Waals surface area contributed by atoms with Crippen molar-refractivity contribution in [3.05, 3.63) is 59.2 Å². The highest BCUT2D eigenvalue weighted by Crippen LogP contribution is 2.24. The van der Waals surface area contributed by atoms with Gasteiger partial charge in [-0.25, -0.2) is 4.79 Å². The average Bonchev–Trinajstić information content (AvgIpc) is 2.61. The summed E-state index contributed by atoms with van der Waals surface area (Å²) < 4.78 is 10.9. The van der Waals surface area contributed by atoms with Gasteiger partial charge in [0.2, 0.25) is 0 Å². The van der Waals surface area contributed by atoms with Gasteiger partial charge < -0.3 is 14.6 Å². The predicted octanol–water partition coefficient (Wildman–Crippen LogP) is 4.49. The molecule has 1 N–H and O–H groups in total.